The summed E-state index contributed by atoms with van der Waals surface area (Å²) in [5, 5.41) is 2.73. The number of halogens is 2. The molecular weight excluding hydrogens is 461 g/mol. The molecule has 6 nitrogen and oxygen atoms in total. The maximum atomic E-state index is 13.3. The molecule has 1 aliphatic heterocycles. The second kappa shape index (κ2) is 9.12. The fourth-order valence-electron chi connectivity index (χ4n) is 3.37. The summed E-state index contributed by atoms with van der Waals surface area (Å²) in [5.74, 6) is 0.251. The predicted molar refractivity (Wildman–Crippen MR) is 121 cm³/mol. The van der Waals surface area contributed by atoms with Crippen molar-refractivity contribution in [2.75, 3.05) is 37.7 Å². The van der Waals surface area contributed by atoms with Crippen molar-refractivity contribution in [1.82, 2.24) is 9.29 Å². The van der Waals surface area contributed by atoms with Crippen molar-refractivity contribution >= 4 is 38.1 Å². The van der Waals surface area contributed by atoms with Gasteiger partial charge < -0.3 is 9.64 Å². The van der Waals surface area contributed by atoms with E-state index in [0.717, 1.165) is 34.3 Å². The van der Waals surface area contributed by atoms with Gasteiger partial charge in [-0.25, -0.2) is 17.8 Å². The topological polar surface area (TPSA) is 62.7 Å². The average molecular weight is 482 g/mol. The Bertz CT molecular complexity index is 1160. The number of rotatable bonds is 6. The van der Waals surface area contributed by atoms with Crippen molar-refractivity contribution in [2.24, 2.45) is 0 Å². The van der Waals surface area contributed by atoms with Crippen molar-refractivity contribution in [2.45, 2.75) is 11.8 Å². The van der Waals surface area contributed by atoms with Gasteiger partial charge in [-0.2, -0.15) is 4.31 Å². The number of aromatic nitrogens is 1. The molecular formula is C21H21ClFN3O3S2. The Morgan fingerprint density at radius 1 is 1.13 bits per heavy atom. The third-order valence-corrected chi connectivity index (χ3v) is 8.26. The molecule has 0 aliphatic carbocycles. The van der Waals surface area contributed by atoms with Crippen LogP contribution in [-0.2, 0) is 10.0 Å². The summed E-state index contributed by atoms with van der Waals surface area (Å²) in [6, 6.07) is 11.1. The Hall–Kier alpha value is -2.20. The van der Waals surface area contributed by atoms with E-state index in [2.05, 4.69) is 4.90 Å². The lowest BCUT2D eigenvalue weighted by molar-refractivity contribution is 0.340. The van der Waals surface area contributed by atoms with Crippen LogP contribution in [-0.4, -0.2) is 50.5 Å². The van der Waals surface area contributed by atoms with Crippen molar-refractivity contribution in [3.05, 3.63) is 58.7 Å². The monoisotopic (exact) mass is 481 g/mol. The van der Waals surface area contributed by atoms with E-state index in [0.29, 0.717) is 32.8 Å². The van der Waals surface area contributed by atoms with E-state index in [4.69, 9.17) is 21.3 Å². The van der Waals surface area contributed by atoms with E-state index in [1.165, 1.54) is 21.7 Å². The van der Waals surface area contributed by atoms with Gasteiger partial charge in [0, 0.05) is 37.1 Å². The van der Waals surface area contributed by atoms with Gasteiger partial charge in [-0.3, -0.25) is 0 Å². The Morgan fingerprint density at radius 2 is 1.84 bits per heavy atom. The normalized spacial score (nSPS) is 15.3. The first kappa shape index (κ1) is 22.0. The van der Waals surface area contributed by atoms with Crippen LogP contribution in [0, 0.1) is 5.82 Å². The maximum Gasteiger partial charge on any atom is 0.244 e. The van der Waals surface area contributed by atoms with Gasteiger partial charge in [0.05, 0.1) is 17.3 Å². The summed E-state index contributed by atoms with van der Waals surface area (Å²) in [6.45, 7) is 4.18. The van der Waals surface area contributed by atoms with Crippen LogP contribution in [0.2, 0.25) is 5.02 Å². The minimum atomic E-state index is -3.78. The van der Waals surface area contributed by atoms with Crippen LogP contribution >= 0.6 is 22.9 Å². The van der Waals surface area contributed by atoms with Gasteiger partial charge in [0.25, 0.3) is 0 Å². The van der Waals surface area contributed by atoms with Gasteiger partial charge in [-0.05, 0) is 49.4 Å². The first-order valence-electron chi connectivity index (χ1n) is 9.77. The highest BCUT2D eigenvalue weighted by Crippen LogP contribution is 2.31. The molecule has 0 amide bonds. The number of benzene rings is 2. The lowest BCUT2D eigenvalue weighted by atomic mass is 10.2. The standard InChI is InChI=1S/C21H21ClFN3O3S2/c1-2-29-17-6-3-15(4-7-17)19-14-30-21(24-19)25-9-11-26(12-10-25)31(27,28)20-8-5-16(23)13-18(20)22/h3-8,13-14H,2,9-12H2,1H3. The first-order chi connectivity index (χ1) is 14.9. The minimum absolute atomic E-state index is 0.0731. The van der Waals surface area contributed by atoms with Crippen LogP contribution in [0.3, 0.4) is 0 Å². The number of anilines is 1. The fourth-order valence-corrected chi connectivity index (χ4v) is 6.19. The largest absolute Gasteiger partial charge is 0.494 e. The zero-order chi connectivity index (χ0) is 22.0. The van der Waals surface area contributed by atoms with Gasteiger partial charge in [0.1, 0.15) is 16.5 Å². The summed E-state index contributed by atoms with van der Waals surface area (Å²) < 4.78 is 45.9. The molecule has 0 unspecified atom stereocenters. The Morgan fingerprint density at radius 3 is 2.48 bits per heavy atom. The predicted octanol–water partition coefficient (Wildman–Crippen LogP) is 4.51. The van der Waals surface area contributed by atoms with E-state index in [-0.39, 0.29) is 9.92 Å². The zero-order valence-corrected chi connectivity index (χ0v) is 19.2. The molecule has 1 fully saturated rings. The van der Waals surface area contributed by atoms with Gasteiger partial charge in [0.15, 0.2) is 5.13 Å². The van der Waals surface area contributed by atoms with E-state index in [1.54, 1.807) is 0 Å². The summed E-state index contributed by atoms with van der Waals surface area (Å²) in [7, 11) is -3.78. The van der Waals surface area contributed by atoms with Crippen LogP contribution in [0.15, 0.2) is 52.7 Å². The zero-order valence-electron chi connectivity index (χ0n) is 16.8. The minimum Gasteiger partial charge on any atom is -0.494 e. The van der Waals surface area contributed by atoms with Crippen LogP contribution < -0.4 is 9.64 Å². The Kier molecular flexibility index (Phi) is 6.47. The van der Waals surface area contributed by atoms with E-state index in [1.807, 2.05) is 36.6 Å². The maximum absolute atomic E-state index is 13.3. The van der Waals surface area contributed by atoms with E-state index >= 15 is 0 Å². The van der Waals surface area contributed by atoms with Gasteiger partial charge in [0.2, 0.25) is 10.0 Å². The number of sulfonamides is 1. The smallest absolute Gasteiger partial charge is 0.244 e. The van der Waals surface area contributed by atoms with Crippen molar-refractivity contribution < 1.29 is 17.5 Å². The molecule has 0 atom stereocenters. The highest BCUT2D eigenvalue weighted by atomic mass is 35.5. The van der Waals surface area contributed by atoms with E-state index < -0.39 is 15.8 Å². The molecule has 0 saturated carbocycles. The van der Waals surface area contributed by atoms with Gasteiger partial charge in [-0.15, -0.1) is 11.3 Å². The number of piperazine rings is 1. The lowest BCUT2D eigenvalue weighted by Crippen LogP contribution is -2.48. The summed E-state index contributed by atoms with van der Waals surface area (Å²) in [5.41, 5.74) is 1.87. The molecule has 1 aliphatic rings. The quantitative estimate of drug-likeness (QED) is 0.518. The number of hydrogen-bond donors (Lipinski definition) is 0. The molecule has 2 heterocycles. The number of ether oxygens (including phenoxy) is 1. The third-order valence-electron chi connectivity index (χ3n) is 4.97. The molecule has 164 valence electrons. The summed E-state index contributed by atoms with van der Waals surface area (Å²) in [4.78, 5) is 6.72. The van der Waals surface area contributed by atoms with Crippen LogP contribution in [0.25, 0.3) is 11.3 Å². The second-order valence-electron chi connectivity index (χ2n) is 6.94. The van der Waals surface area contributed by atoms with E-state index in [9.17, 15) is 12.8 Å². The van der Waals surface area contributed by atoms with Gasteiger partial charge >= 0.3 is 0 Å². The fraction of sp³-hybridized carbons (Fsp3) is 0.286. The SMILES string of the molecule is CCOc1ccc(-c2csc(N3CCN(S(=O)(=O)c4ccc(F)cc4Cl)CC3)n2)cc1. The molecule has 31 heavy (non-hydrogen) atoms. The molecule has 4 rings (SSSR count). The second-order valence-corrected chi connectivity index (χ2v) is 10.1. The lowest BCUT2D eigenvalue weighted by Gasteiger charge is -2.33. The van der Waals surface area contributed by atoms with Crippen LogP contribution in [0.4, 0.5) is 9.52 Å². The van der Waals surface area contributed by atoms with Crippen molar-refractivity contribution in [3.8, 4) is 17.0 Å². The number of thiazole rings is 1. The molecule has 0 N–H and O–H groups in total. The van der Waals surface area contributed by atoms with Crippen molar-refractivity contribution in [3.63, 3.8) is 0 Å². The highest BCUT2D eigenvalue weighted by Gasteiger charge is 2.31. The van der Waals surface area contributed by atoms with Crippen molar-refractivity contribution in [1.29, 1.82) is 0 Å². The van der Waals surface area contributed by atoms with Crippen LogP contribution in [0.5, 0.6) is 5.75 Å². The summed E-state index contributed by atoms with van der Waals surface area (Å²) in [6.07, 6.45) is 0. The Balaban J connectivity index is 1.43. The number of nitrogens with zero attached hydrogens (tertiary/aromatic N) is 3. The van der Waals surface area contributed by atoms with Crippen LogP contribution in [0.1, 0.15) is 6.92 Å². The molecule has 10 heteroatoms. The first-order valence-corrected chi connectivity index (χ1v) is 12.5. The molecule has 2 aromatic carbocycles. The third kappa shape index (κ3) is 4.69. The summed E-state index contributed by atoms with van der Waals surface area (Å²) >= 11 is 7.50. The molecule has 0 radical (unpaired) electrons. The molecule has 1 aromatic heterocycles. The molecule has 1 saturated heterocycles. The average Bonchev–Trinajstić information content (AvgIpc) is 3.25. The molecule has 0 bridgehead atoms. The number of hydrogen-bond acceptors (Lipinski definition) is 6. The molecule has 3 aromatic rings. The highest BCUT2D eigenvalue weighted by molar-refractivity contribution is 7.89. The molecule has 0 spiro atoms. The van der Waals surface area contributed by atoms with Gasteiger partial charge in [-0.1, -0.05) is 11.6 Å². The Labute approximate surface area is 189 Å².